The van der Waals surface area contributed by atoms with Crippen molar-refractivity contribution in [2.24, 2.45) is 0 Å². The standard InChI is InChI=1S/C10H22O8S2/c1-4-19(15,16)10(20(17,18)5-2)9(14)8(13)7(12)6(3)11/h6-14H,4-5H2,1-3H3/t6-,7-,8-,9-/m1/s1. The van der Waals surface area contributed by atoms with Crippen LogP contribution in [0.15, 0.2) is 0 Å². The van der Waals surface area contributed by atoms with Gasteiger partial charge >= 0.3 is 0 Å². The van der Waals surface area contributed by atoms with Crippen molar-refractivity contribution in [2.45, 2.75) is 49.8 Å². The highest BCUT2D eigenvalue weighted by molar-refractivity contribution is 8.09. The Bertz CT molecular complexity index is 461. The van der Waals surface area contributed by atoms with Gasteiger partial charge in [0, 0.05) is 11.5 Å². The van der Waals surface area contributed by atoms with Gasteiger partial charge in [-0.15, -0.1) is 0 Å². The Labute approximate surface area is 118 Å². The summed E-state index contributed by atoms with van der Waals surface area (Å²) in [6.45, 7) is 3.52. The van der Waals surface area contributed by atoms with E-state index in [0.29, 0.717) is 0 Å². The SMILES string of the molecule is CCS(=O)(=O)C([C@H](O)[C@H](O)[C@H](O)[C@@H](C)O)S(=O)(=O)CC. The molecule has 0 saturated carbocycles. The fourth-order valence-electron chi connectivity index (χ4n) is 1.63. The summed E-state index contributed by atoms with van der Waals surface area (Å²) in [6, 6.07) is 0. The van der Waals surface area contributed by atoms with Gasteiger partial charge in [0.1, 0.15) is 18.3 Å². The smallest absolute Gasteiger partial charge is 0.191 e. The molecule has 0 rings (SSSR count). The summed E-state index contributed by atoms with van der Waals surface area (Å²) in [5.74, 6) is -1.10. The second kappa shape index (κ2) is 7.14. The van der Waals surface area contributed by atoms with Crippen molar-refractivity contribution in [3.63, 3.8) is 0 Å². The molecule has 0 aromatic heterocycles. The lowest BCUT2D eigenvalue weighted by molar-refractivity contribution is -0.0960. The summed E-state index contributed by atoms with van der Waals surface area (Å²) < 4.78 is 45.2. The van der Waals surface area contributed by atoms with Gasteiger partial charge in [0.15, 0.2) is 24.3 Å². The molecule has 10 heteroatoms. The third-order valence-corrected chi connectivity index (χ3v) is 8.33. The Morgan fingerprint density at radius 2 is 1.10 bits per heavy atom. The van der Waals surface area contributed by atoms with Crippen LogP contribution in [0, 0.1) is 0 Å². The summed E-state index contributed by atoms with van der Waals surface area (Å²) in [5, 5.41) is 38.1. The molecule has 0 aromatic rings. The van der Waals surface area contributed by atoms with Gasteiger partial charge in [0.25, 0.3) is 0 Å². The maximum absolute atomic E-state index is 11.8. The third-order valence-electron chi connectivity index (χ3n) is 2.99. The lowest BCUT2D eigenvalue weighted by Gasteiger charge is -2.29. The molecule has 0 fully saturated rings. The van der Waals surface area contributed by atoms with Crippen LogP contribution in [0.5, 0.6) is 0 Å². The lowest BCUT2D eigenvalue weighted by Crippen LogP contribution is -2.53. The van der Waals surface area contributed by atoms with E-state index in [1.807, 2.05) is 0 Å². The van der Waals surface area contributed by atoms with Crippen molar-refractivity contribution in [3.05, 3.63) is 0 Å². The highest BCUT2D eigenvalue weighted by Gasteiger charge is 2.46. The molecule has 0 amide bonds. The quantitative estimate of drug-likeness (QED) is 0.385. The van der Waals surface area contributed by atoms with Crippen LogP contribution in [0.1, 0.15) is 20.8 Å². The largest absolute Gasteiger partial charge is 0.391 e. The molecule has 0 heterocycles. The van der Waals surface area contributed by atoms with Crippen LogP contribution in [0.25, 0.3) is 0 Å². The first-order valence-corrected chi connectivity index (χ1v) is 9.50. The van der Waals surface area contributed by atoms with E-state index in [-0.39, 0.29) is 0 Å². The van der Waals surface area contributed by atoms with Crippen molar-refractivity contribution in [1.29, 1.82) is 0 Å². The van der Waals surface area contributed by atoms with Gasteiger partial charge in [0.2, 0.25) is 0 Å². The molecular weight excluding hydrogens is 312 g/mol. The summed E-state index contributed by atoms with van der Waals surface area (Å²) in [4.78, 5) is 0. The molecule has 0 spiro atoms. The van der Waals surface area contributed by atoms with E-state index in [1.54, 1.807) is 0 Å². The van der Waals surface area contributed by atoms with Crippen molar-refractivity contribution in [3.8, 4) is 0 Å². The molecule has 0 aliphatic rings. The van der Waals surface area contributed by atoms with Gasteiger partial charge in [0.05, 0.1) is 6.10 Å². The van der Waals surface area contributed by atoms with E-state index < -0.39 is 60.2 Å². The molecule has 0 aliphatic heterocycles. The predicted octanol–water partition coefficient (Wildman–Crippen LogP) is -2.35. The van der Waals surface area contributed by atoms with Crippen molar-refractivity contribution >= 4 is 19.7 Å². The Balaban J connectivity index is 5.70. The second-order valence-corrected chi connectivity index (χ2v) is 9.60. The minimum atomic E-state index is -4.22. The lowest BCUT2D eigenvalue weighted by atomic mass is 10.1. The first-order chi connectivity index (χ1) is 8.92. The fraction of sp³-hybridized carbons (Fsp3) is 1.00. The molecule has 4 N–H and O–H groups in total. The molecule has 0 bridgehead atoms. The number of aliphatic hydroxyl groups is 4. The van der Waals surface area contributed by atoms with Gasteiger partial charge in [-0.2, -0.15) is 0 Å². The van der Waals surface area contributed by atoms with Crippen LogP contribution >= 0.6 is 0 Å². The van der Waals surface area contributed by atoms with Crippen molar-refractivity contribution in [2.75, 3.05) is 11.5 Å². The minimum Gasteiger partial charge on any atom is -0.391 e. The number of aliphatic hydroxyl groups excluding tert-OH is 4. The zero-order chi connectivity index (χ0) is 16.3. The number of hydrogen-bond donors (Lipinski definition) is 4. The monoisotopic (exact) mass is 334 g/mol. The molecule has 8 nitrogen and oxygen atoms in total. The maximum Gasteiger partial charge on any atom is 0.191 e. The van der Waals surface area contributed by atoms with E-state index in [4.69, 9.17) is 5.11 Å². The van der Waals surface area contributed by atoms with Gasteiger partial charge in [-0.05, 0) is 6.92 Å². The highest BCUT2D eigenvalue weighted by atomic mass is 32.3. The van der Waals surface area contributed by atoms with E-state index in [0.717, 1.165) is 6.92 Å². The van der Waals surface area contributed by atoms with E-state index in [1.165, 1.54) is 13.8 Å². The van der Waals surface area contributed by atoms with E-state index in [9.17, 15) is 32.2 Å². The first kappa shape index (κ1) is 19.7. The molecule has 0 saturated heterocycles. The Hall–Kier alpha value is -0.260. The van der Waals surface area contributed by atoms with Crippen LogP contribution in [0.3, 0.4) is 0 Å². The van der Waals surface area contributed by atoms with Crippen molar-refractivity contribution in [1.82, 2.24) is 0 Å². The summed E-state index contributed by atoms with van der Waals surface area (Å²) in [5.41, 5.74) is 0. The fourth-order valence-corrected chi connectivity index (χ4v) is 6.06. The molecule has 20 heavy (non-hydrogen) atoms. The average Bonchev–Trinajstić information content (AvgIpc) is 2.36. The summed E-state index contributed by atoms with van der Waals surface area (Å²) in [7, 11) is -8.45. The topological polar surface area (TPSA) is 149 Å². The predicted molar refractivity (Wildman–Crippen MR) is 72.4 cm³/mol. The molecule has 0 radical (unpaired) electrons. The molecule has 0 aromatic carbocycles. The number of hydrogen-bond acceptors (Lipinski definition) is 8. The van der Waals surface area contributed by atoms with Crippen LogP contribution in [-0.4, -0.2) is 77.8 Å². The Kier molecular flexibility index (Phi) is 7.05. The minimum absolute atomic E-state index is 0.550. The second-order valence-electron chi connectivity index (χ2n) is 4.48. The van der Waals surface area contributed by atoms with E-state index in [2.05, 4.69) is 0 Å². The van der Waals surface area contributed by atoms with Gasteiger partial charge in [-0.25, -0.2) is 16.8 Å². The third kappa shape index (κ3) is 4.37. The zero-order valence-electron chi connectivity index (χ0n) is 11.5. The first-order valence-electron chi connectivity index (χ1n) is 6.07. The van der Waals surface area contributed by atoms with Crippen LogP contribution in [-0.2, 0) is 19.7 Å². The normalized spacial score (nSPS) is 19.6. The molecule has 0 unspecified atom stereocenters. The number of rotatable bonds is 8. The highest BCUT2D eigenvalue weighted by Crippen LogP contribution is 2.21. The molecule has 122 valence electrons. The van der Waals surface area contributed by atoms with Crippen molar-refractivity contribution < 1.29 is 37.3 Å². The van der Waals surface area contributed by atoms with Gasteiger partial charge < -0.3 is 20.4 Å². The molecule has 4 atom stereocenters. The van der Waals surface area contributed by atoms with Gasteiger partial charge in [-0.1, -0.05) is 13.8 Å². The van der Waals surface area contributed by atoms with Crippen LogP contribution in [0.2, 0.25) is 0 Å². The molecule has 0 aliphatic carbocycles. The van der Waals surface area contributed by atoms with E-state index >= 15 is 0 Å². The molecular formula is C10H22O8S2. The van der Waals surface area contributed by atoms with Crippen LogP contribution in [0.4, 0.5) is 0 Å². The average molecular weight is 334 g/mol. The Morgan fingerprint density at radius 3 is 1.35 bits per heavy atom. The summed E-state index contributed by atoms with van der Waals surface area (Å²) in [6.07, 6.45) is -7.70. The Morgan fingerprint density at radius 1 is 0.750 bits per heavy atom. The maximum atomic E-state index is 11.8. The number of sulfone groups is 2. The van der Waals surface area contributed by atoms with Gasteiger partial charge in [-0.3, -0.25) is 0 Å². The summed E-state index contributed by atoms with van der Waals surface area (Å²) >= 11 is 0. The zero-order valence-corrected chi connectivity index (χ0v) is 13.2. The van der Waals surface area contributed by atoms with Crippen LogP contribution < -0.4 is 0 Å².